The van der Waals surface area contributed by atoms with Crippen LogP contribution in [0.1, 0.15) is 84.9 Å². The molecule has 0 saturated heterocycles. The average Bonchev–Trinajstić information content (AvgIpc) is 2.87. The van der Waals surface area contributed by atoms with Crippen molar-refractivity contribution in [2.24, 2.45) is 0 Å². The molecule has 0 heterocycles. The van der Waals surface area contributed by atoms with E-state index in [9.17, 15) is 29.4 Å². The molecule has 4 amide bonds. The van der Waals surface area contributed by atoms with Crippen LogP contribution in [0.3, 0.4) is 0 Å². The summed E-state index contributed by atoms with van der Waals surface area (Å²) in [5.41, 5.74) is 9.48. The van der Waals surface area contributed by atoms with Crippen LogP contribution in [0, 0.1) is 0 Å². The first kappa shape index (κ1) is 28.2. The number of unbranched alkanes of at least 4 members (excludes halogenated alkanes) is 7. The number of phenols is 2. The minimum atomic E-state index is -0.573. The molecule has 0 aliphatic carbocycles. The predicted octanol–water partition coefficient (Wildman–Crippen LogP) is 3.22. The van der Waals surface area contributed by atoms with Gasteiger partial charge in [-0.2, -0.15) is 0 Å². The maximum Gasteiger partial charge on any atom is 0.273 e. The van der Waals surface area contributed by atoms with Crippen molar-refractivity contribution in [3.63, 3.8) is 0 Å². The molecule has 0 aromatic heterocycles. The minimum Gasteiger partial charge on any atom is -0.507 e. The van der Waals surface area contributed by atoms with Crippen LogP contribution in [0.2, 0.25) is 0 Å². The third-order valence-corrected chi connectivity index (χ3v) is 5.49. The number of carbonyl (C=O) groups is 4. The second kappa shape index (κ2) is 15.8. The summed E-state index contributed by atoms with van der Waals surface area (Å²) in [5.74, 6) is -2.02. The van der Waals surface area contributed by atoms with Gasteiger partial charge in [0.15, 0.2) is 0 Å². The normalized spacial score (nSPS) is 10.3. The smallest absolute Gasteiger partial charge is 0.273 e. The Bertz CT molecular complexity index is 945. The second-order valence-corrected chi connectivity index (χ2v) is 8.37. The van der Waals surface area contributed by atoms with Crippen LogP contribution in [0.4, 0.5) is 0 Å². The molecular weight excluding hydrogens is 464 g/mol. The van der Waals surface area contributed by atoms with Crippen molar-refractivity contribution >= 4 is 23.6 Å². The first-order valence-corrected chi connectivity index (χ1v) is 12.1. The molecule has 10 nitrogen and oxygen atoms in total. The van der Waals surface area contributed by atoms with Crippen molar-refractivity contribution in [2.45, 2.75) is 64.2 Å². The third-order valence-electron chi connectivity index (χ3n) is 5.49. The van der Waals surface area contributed by atoms with Crippen molar-refractivity contribution in [3.8, 4) is 11.5 Å². The van der Waals surface area contributed by atoms with E-state index in [2.05, 4.69) is 21.7 Å². The van der Waals surface area contributed by atoms with E-state index in [0.29, 0.717) is 25.7 Å². The van der Waals surface area contributed by atoms with Crippen molar-refractivity contribution in [2.75, 3.05) is 0 Å². The maximum atomic E-state index is 11.9. The lowest BCUT2D eigenvalue weighted by molar-refractivity contribution is -0.122. The molecular formula is C26H34N4O6. The van der Waals surface area contributed by atoms with Gasteiger partial charge in [-0.05, 0) is 37.1 Å². The van der Waals surface area contributed by atoms with Crippen molar-refractivity contribution in [3.05, 3.63) is 59.7 Å². The fourth-order valence-corrected chi connectivity index (χ4v) is 3.48. The van der Waals surface area contributed by atoms with E-state index in [1.54, 1.807) is 24.3 Å². The largest absolute Gasteiger partial charge is 0.507 e. The van der Waals surface area contributed by atoms with Gasteiger partial charge in [0.1, 0.15) is 11.5 Å². The van der Waals surface area contributed by atoms with E-state index in [1.807, 2.05) is 0 Å². The number of carbonyl (C=O) groups excluding carboxylic acids is 4. The summed E-state index contributed by atoms with van der Waals surface area (Å²) < 4.78 is 0. The molecule has 0 aliphatic heterocycles. The Labute approximate surface area is 210 Å². The Hall–Kier alpha value is -4.08. The number of benzene rings is 2. The lowest BCUT2D eigenvalue weighted by atomic mass is 10.1. The topological polar surface area (TPSA) is 157 Å². The summed E-state index contributed by atoms with van der Waals surface area (Å²) in [6, 6.07) is 12.2. The Morgan fingerprint density at radius 3 is 1.19 bits per heavy atom. The summed E-state index contributed by atoms with van der Waals surface area (Å²) in [6.45, 7) is 0. The number of para-hydroxylation sites is 2. The molecule has 0 unspecified atom stereocenters. The van der Waals surface area contributed by atoms with Crippen molar-refractivity contribution < 1.29 is 29.4 Å². The molecule has 0 bridgehead atoms. The highest BCUT2D eigenvalue weighted by Crippen LogP contribution is 2.16. The van der Waals surface area contributed by atoms with Crippen LogP contribution >= 0.6 is 0 Å². The quantitative estimate of drug-likeness (QED) is 0.184. The van der Waals surface area contributed by atoms with Gasteiger partial charge >= 0.3 is 0 Å². The Morgan fingerprint density at radius 1 is 0.500 bits per heavy atom. The Balaban J connectivity index is 1.41. The molecule has 0 saturated carbocycles. The third kappa shape index (κ3) is 10.5. The first-order chi connectivity index (χ1) is 17.4. The second-order valence-electron chi connectivity index (χ2n) is 8.37. The predicted molar refractivity (Wildman–Crippen MR) is 134 cm³/mol. The van der Waals surface area contributed by atoms with Gasteiger partial charge in [-0.15, -0.1) is 0 Å². The zero-order valence-electron chi connectivity index (χ0n) is 20.2. The van der Waals surface area contributed by atoms with E-state index in [0.717, 1.165) is 38.5 Å². The van der Waals surface area contributed by atoms with E-state index in [-0.39, 0.29) is 34.4 Å². The van der Waals surface area contributed by atoms with Gasteiger partial charge in [-0.3, -0.25) is 40.9 Å². The Morgan fingerprint density at radius 2 is 0.833 bits per heavy atom. The summed E-state index contributed by atoms with van der Waals surface area (Å²) in [5, 5.41) is 19.3. The fourth-order valence-electron chi connectivity index (χ4n) is 3.48. The van der Waals surface area contributed by atoms with E-state index >= 15 is 0 Å². The van der Waals surface area contributed by atoms with Crippen LogP contribution < -0.4 is 21.7 Å². The summed E-state index contributed by atoms with van der Waals surface area (Å²) in [4.78, 5) is 47.5. The van der Waals surface area contributed by atoms with Crippen LogP contribution in [0.15, 0.2) is 48.5 Å². The van der Waals surface area contributed by atoms with Crippen molar-refractivity contribution in [1.29, 1.82) is 0 Å². The van der Waals surface area contributed by atoms with Gasteiger partial charge in [0.05, 0.1) is 11.1 Å². The molecule has 0 fully saturated rings. The SMILES string of the molecule is O=C(CCCCCCCCCCC(=O)NNC(=O)c1ccccc1O)NNC(=O)c1ccccc1O. The van der Waals surface area contributed by atoms with Gasteiger partial charge in [-0.1, -0.05) is 62.8 Å². The standard InChI is InChI=1S/C26H34N4O6/c31-21-15-11-9-13-19(21)25(35)29-27-23(33)17-7-5-3-1-2-4-6-8-18-24(34)28-30-26(36)20-14-10-12-16-22(20)32/h9-16,31-32H,1-8,17-18H2,(H,27,33)(H,28,34)(H,29,35)(H,30,36). The average molecular weight is 499 g/mol. The van der Waals surface area contributed by atoms with Crippen molar-refractivity contribution in [1.82, 2.24) is 21.7 Å². The maximum absolute atomic E-state index is 11.9. The van der Waals surface area contributed by atoms with Gasteiger partial charge < -0.3 is 10.2 Å². The molecule has 0 aliphatic rings. The van der Waals surface area contributed by atoms with E-state index < -0.39 is 11.8 Å². The van der Waals surface area contributed by atoms with Gasteiger partial charge in [0.25, 0.3) is 11.8 Å². The molecule has 0 atom stereocenters. The highest BCUT2D eigenvalue weighted by atomic mass is 16.3. The van der Waals surface area contributed by atoms with Crippen LogP contribution in [0.5, 0.6) is 11.5 Å². The van der Waals surface area contributed by atoms with E-state index in [1.165, 1.54) is 24.3 Å². The molecule has 2 aromatic carbocycles. The minimum absolute atomic E-state index is 0.0920. The number of nitrogens with one attached hydrogen (secondary N) is 4. The number of phenolic OH excluding ortho intramolecular Hbond substituents is 2. The molecule has 0 radical (unpaired) electrons. The summed E-state index contributed by atoms with van der Waals surface area (Å²) >= 11 is 0. The Kier molecular flexibility index (Phi) is 12.3. The first-order valence-electron chi connectivity index (χ1n) is 12.1. The van der Waals surface area contributed by atoms with Crippen LogP contribution in [0.25, 0.3) is 0 Å². The molecule has 2 aromatic rings. The highest BCUT2D eigenvalue weighted by molar-refractivity contribution is 5.98. The van der Waals surface area contributed by atoms with Crippen LogP contribution in [-0.2, 0) is 9.59 Å². The lowest BCUT2D eigenvalue weighted by Crippen LogP contribution is -2.41. The van der Waals surface area contributed by atoms with Crippen LogP contribution in [-0.4, -0.2) is 33.8 Å². The number of rotatable bonds is 13. The number of hydrogen-bond donors (Lipinski definition) is 6. The fraction of sp³-hybridized carbons (Fsp3) is 0.385. The van der Waals surface area contributed by atoms with E-state index in [4.69, 9.17) is 0 Å². The molecule has 6 N–H and O–H groups in total. The molecule has 10 heteroatoms. The van der Waals surface area contributed by atoms with Gasteiger partial charge in [-0.25, -0.2) is 0 Å². The molecule has 0 spiro atoms. The number of hydrazine groups is 2. The zero-order chi connectivity index (χ0) is 26.2. The lowest BCUT2D eigenvalue weighted by Gasteiger charge is -2.08. The number of amides is 4. The molecule has 2 rings (SSSR count). The molecule has 36 heavy (non-hydrogen) atoms. The summed E-state index contributed by atoms with van der Waals surface area (Å²) in [6.07, 6.45) is 7.90. The molecule has 194 valence electrons. The monoisotopic (exact) mass is 498 g/mol. The highest BCUT2D eigenvalue weighted by Gasteiger charge is 2.12. The number of hydrogen-bond acceptors (Lipinski definition) is 6. The summed E-state index contributed by atoms with van der Waals surface area (Å²) in [7, 11) is 0. The van der Waals surface area contributed by atoms with Gasteiger partial charge in [0, 0.05) is 12.8 Å². The number of aromatic hydroxyl groups is 2. The van der Waals surface area contributed by atoms with Gasteiger partial charge in [0.2, 0.25) is 11.8 Å². The zero-order valence-corrected chi connectivity index (χ0v) is 20.2.